The van der Waals surface area contributed by atoms with E-state index in [1.807, 2.05) is 37.9 Å². The van der Waals surface area contributed by atoms with Gasteiger partial charge in [0.25, 0.3) is 5.91 Å². The molecule has 2 saturated carbocycles. The molecule has 2 saturated heterocycles. The zero-order chi connectivity index (χ0) is 29.8. The number of nitrogens with two attached hydrogens (primary N) is 1. The fourth-order valence-electron chi connectivity index (χ4n) is 7.60. The van der Waals surface area contributed by atoms with Gasteiger partial charge in [-0.05, 0) is 81.7 Å². The largest absolute Gasteiger partial charge is 0.494 e. The Morgan fingerprint density at radius 3 is 2.53 bits per heavy atom. The first-order valence-electron chi connectivity index (χ1n) is 15.7. The number of pyridine rings is 1. The van der Waals surface area contributed by atoms with Crippen molar-refractivity contribution in [2.45, 2.75) is 63.8 Å². The van der Waals surface area contributed by atoms with Crippen molar-refractivity contribution < 1.29 is 14.6 Å². The van der Waals surface area contributed by atoms with Crippen LogP contribution in [0.25, 0.3) is 33.6 Å². The van der Waals surface area contributed by atoms with Crippen molar-refractivity contribution in [2.24, 2.45) is 30.5 Å². The van der Waals surface area contributed by atoms with E-state index in [4.69, 9.17) is 20.4 Å². The average Bonchev–Trinajstić information content (AvgIpc) is 3.35. The molecule has 4 aromatic rings. The van der Waals surface area contributed by atoms with Crippen LogP contribution in [0.5, 0.6) is 5.75 Å². The van der Waals surface area contributed by atoms with Crippen molar-refractivity contribution in [1.29, 1.82) is 0 Å². The quantitative estimate of drug-likeness (QED) is 0.340. The number of rotatable bonds is 7. The molecule has 3 aromatic heterocycles. The number of amides is 1. The lowest BCUT2D eigenvalue weighted by Gasteiger charge is -2.45. The van der Waals surface area contributed by atoms with E-state index in [1.165, 1.54) is 12.8 Å². The van der Waals surface area contributed by atoms with Crippen LogP contribution in [-0.2, 0) is 13.6 Å². The third-order valence-electron chi connectivity index (χ3n) is 10.6. The zero-order valence-electron chi connectivity index (χ0n) is 25.5. The van der Waals surface area contributed by atoms with Gasteiger partial charge in [0.15, 0.2) is 5.82 Å². The molecular weight excluding hydrogens is 542 g/mol. The van der Waals surface area contributed by atoms with E-state index >= 15 is 0 Å². The molecule has 4 fully saturated rings. The Morgan fingerprint density at radius 2 is 1.88 bits per heavy atom. The number of imidazole rings is 1. The maximum absolute atomic E-state index is 13.7. The van der Waals surface area contributed by atoms with Crippen LogP contribution in [0.15, 0.2) is 30.3 Å². The SMILES string of the molecule is COc1cc(C(=O)N2CC3CCC2[C@@H]3N)cc2nc(-c3cc4ccc(N5CC(C(C)(C)O)C5)nc4n3CC3CC3)n(C)c12. The predicted octanol–water partition coefficient (Wildman–Crippen LogP) is 3.78. The molecule has 2 aliphatic heterocycles. The van der Waals surface area contributed by atoms with Gasteiger partial charge in [-0.15, -0.1) is 0 Å². The lowest BCUT2D eigenvalue weighted by molar-refractivity contribution is 0.00439. The molecule has 10 nitrogen and oxygen atoms in total. The lowest BCUT2D eigenvalue weighted by Crippen LogP contribution is -2.56. The Morgan fingerprint density at radius 1 is 1.09 bits per heavy atom. The molecule has 3 atom stereocenters. The van der Waals surface area contributed by atoms with Gasteiger partial charge in [-0.1, -0.05) is 0 Å². The highest BCUT2D eigenvalue weighted by Gasteiger charge is 2.47. The fourth-order valence-corrected chi connectivity index (χ4v) is 7.60. The summed E-state index contributed by atoms with van der Waals surface area (Å²) in [4.78, 5) is 28.2. The highest BCUT2D eigenvalue weighted by Crippen LogP contribution is 2.41. The summed E-state index contributed by atoms with van der Waals surface area (Å²) in [7, 11) is 3.67. The Kier molecular flexibility index (Phi) is 5.91. The minimum absolute atomic E-state index is 0.00690. The number of piperidine rings is 1. The number of likely N-dealkylation sites (tertiary alicyclic amines) is 1. The minimum Gasteiger partial charge on any atom is -0.494 e. The van der Waals surface area contributed by atoms with Crippen LogP contribution in [0.1, 0.15) is 49.9 Å². The molecule has 5 heterocycles. The maximum atomic E-state index is 13.7. The number of ether oxygens (including phenoxy) is 1. The number of carbonyl (C=O) groups excluding carboxylic acids is 1. The summed E-state index contributed by atoms with van der Waals surface area (Å²) in [5.41, 5.74) is 9.90. The van der Waals surface area contributed by atoms with Gasteiger partial charge in [-0.2, -0.15) is 0 Å². The molecule has 1 aromatic carbocycles. The predicted molar refractivity (Wildman–Crippen MR) is 166 cm³/mol. The van der Waals surface area contributed by atoms with Gasteiger partial charge >= 0.3 is 0 Å². The molecule has 2 unspecified atom stereocenters. The average molecular weight is 584 g/mol. The Bertz CT molecular complexity index is 1760. The molecule has 2 aliphatic carbocycles. The van der Waals surface area contributed by atoms with E-state index in [9.17, 15) is 9.90 Å². The Balaban J connectivity index is 1.19. The first-order valence-corrected chi connectivity index (χ1v) is 15.7. The molecule has 1 amide bonds. The highest BCUT2D eigenvalue weighted by molar-refractivity contribution is 6.00. The van der Waals surface area contributed by atoms with Crippen molar-refractivity contribution in [2.75, 3.05) is 31.6 Å². The number of nitrogens with zero attached hydrogens (tertiary/aromatic N) is 6. The number of aliphatic hydroxyl groups is 1. The summed E-state index contributed by atoms with van der Waals surface area (Å²) in [5.74, 6) is 3.69. The summed E-state index contributed by atoms with van der Waals surface area (Å²) < 4.78 is 10.3. The number of benzene rings is 1. The van der Waals surface area contributed by atoms with E-state index in [1.54, 1.807) is 7.11 Å². The second-order valence-electron chi connectivity index (χ2n) is 13.9. The van der Waals surface area contributed by atoms with Crippen LogP contribution in [0.4, 0.5) is 5.82 Å². The van der Waals surface area contributed by atoms with Crippen LogP contribution in [0, 0.1) is 17.8 Å². The Hall–Kier alpha value is -3.63. The highest BCUT2D eigenvalue weighted by atomic mass is 16.5. The second-order valence-corrected chi connectivity index (χ2v) is 13.9. The molecule has 0 radical (unpaired) electrons. The number of aryl methyl sites for hydroxylation is 1. The number of fused-ring (bicyclic) bond motifs is 4. The smallest absolute Gasteiger partial charge is 0.254 e. The van der Waals surface area contributed by atoms with Gasteiger partial charge in [-0.25, -0.2) is 9.97 Å². The van der Waals surface area contributed by atoms with Crippen LogP contribution in [0.3, 0.4) is 0 Å². The normalized spacial score (nSPS) is 24.0. The first-order chi connectivity index (χ1) is 20.6. The summed E-state index contributed by atoms with van der Waals surface area (Å²) >= 11 is 0. The summed E-state index contributed by atoms with van der Waals surface area (Å²) in [5, 5.41) is 11.5. The van der Waals surface area contributed by atoms with E-state index in [0.29, 0.717) is 23.1 Å². The van der Waals surface area contributed by atoms with Crippen LogP contribution < -0.4 is 15.4 Å². The van der Waals surface area contributed by atoms with Gasteiger partial charge in [0.2, 0.25) is 0 Å². The van der Waals surface area contributed by atoms with E-state index in [-0.39, 0.29) is 23.9 Å². The first kappa shape index (κ1) is 27.0. The summed E-state index contributed by atoms with van der Waals surface area (Å²) in [6.07, 6.45) is 4.53. The van der Waals surface area contributed by atoms with Crippen molar-refractivity contribution in [3.63, 3.8) is 0 Å². The molecule has 0 spiro atoms. The number of hydrogen-bond donors (Lipinski definition) is 2. The third-order valence-corrected chi connectivity index (χ3v) is 10.6. The summed E-state index contributed by atoms with van der Waals surface area (Å²) in [6.45, 7) is 6.99. The van der Waals surface area contributed by atoms with E-state index in [0.717, 1.165) is 78.4 Å². The molecule has 8 rings (SSSR count). The Labute approximate surface area is 251 Å². The molecule has 226 valence electrons. The second kappa shape index (κ2) is 9.43. The number of methoxy groups -OCH3 is 1. The van der Waals surface area contributed by atoms with Crippen molar-refractivity contribution in [3.8, 4) is 17.3 Å². The molecule has 10 heteroatoms. The van der Waals surface area contributed by atoms with Gasteiger partial charge < -0.3 is 34.5 Å². The van der Waals surface area contributed by atoms with Gasteiger partial charge in [-0.3, -0.25) is 4.79 Å². The van der Waals surface area contributed by atoms with Gasteiger partial charge in [0.05, 0.1) is 23.9 Å². The lowest BCUT2D eigenvalue weighted by atomic mass is 9.84. The zero-order valence-corrected chi connectivity index (χ0v) is 25.5. The number of hydrogen-bond acceptors (Lipinski definition) is 7. The molecule has 4 aliphatic rings. The van der Waals surface area contributed by atoms with Crippen LogP contribution >= 0.6 is 0 Å². The van der Waals surface area contributed by atoms with Gasteiger partial charge in [0.1, 0.15) is 22.7 Å². The molecule has 2 bridgehead atoms. The molecular formula is C33H41N7O3. The maximum Gasteiger partial charge on any atom is 0.254 e. The van der Waals surface area contributed by atoms with E-state index < -0.39 is 5.60 Å². The van der Waals surface area contributed by atoms with Crippen molar-refractivity contribution in [1.82, 2.24) is 24.0 Å². The van der Waals surface area contributed by atoms with Crippen molar-refractivity contribution in [3.05, 3.63) is 35.9 Å². The number of anilines is 1. The van der Waals surface area contributed by atoms with E-state index in [2.05, 4.69) is 32.2 Å². The fraction of sp³-hybridized carbons (Fsp3) is 0.545. The van der Waals surface area contributed by atoms with Crippen molar-refractivity contribution >= 4 is 33.8 Å². The number of aromatic nitrogens is 4. The van der Waals surface area contributed by atoms with Gasteiger partial charge in [0, 0.05) is 62.2 Å². The van der Waals surface area contributed by atoms with Crippen LogP contribution in [-0.4, -0.2) is 79.4 Å². The third kappa shape index (κ3) is 4.24. The minimum atomic E-state index is -0.688. The topological polar surface area (TPSA) is 115 Å². The standard InChI is InChI=1S/C33H41N7O3/c1-33(2,42)22-16-38(17-22)27-10-8-19-12-25(39(30(19)36-27)14-18-5-6-18)31-35-23-11-21(13-26(43-4)29(23)37(31)3)32(41)40-15-20-7-9-24(40)28(20)34/h8,10-13,18,20,22,24,28,42H,5-7,9,14-17,34H2,1-4H3/t20?,24?,28-/m1/s1. The monoisotopic (exact) mass is 583 g/mol. The number of carbonyl (C=O) groups is 1. The van der Waals surface area contributed by atoms with Crippen LogP contribution in [0.2, 0.25) is 0 Å². The summed E-state index contributed by atoms with van der Waals surface area (Å²) in [6, 6.07) is 10.4. The molecule has 3 N–H and O–H groups in total. The molecule has 43 heavy (non-hydrogen) atoms.